The van der Waals surface area contributed by atoms with Gasteiger partial charge in [0.05, 0.1) is 11.2 Å². The maximum Gasteiger partial charge on any atom is 0.497 e. The van der Waals surface area contributed by atoms with E-state index in [0.29, 0.717) is 11.2 Å². The van der Waals surface area contributed by atoms with Gasteiger partial charge in [-0.15, -0.1) is 0 Å². The summed E-state index contributed by atoms with van der Waals surface area (Å²) in [5.74, 6) is -0.458. The van der Waals surface area contributed by atoms with Crippen molar-refractivity contribution in [2.24, 2.45) is 5.41 Å². The van der Waals surface area contributed by atoms with Crippen molar-refractivity contribution in [1.29, 1.82) is 0 Å². The van der Waals surface area contributed by atoms with Gasteiger partial charge in [0, 0.05) is 16.6 Å². The number of carbonyl (C=O) groups excluding carboxylic acids is 1. The summed E-state index contributed by atoms with van der Waals surface area (Å²) in [6.07, 6.45) is 2.63. The lowest BCUT2D eigenvalue weighted by atomic mass is 9.78. The van der Waals surface area contributed by atoms with E-state index in [0.717, 1.165) is 19.3 Å². The molecule has 2 aliphatic rings. The summed E-state index contributed by atoms with van der Waals surface area (Å²) in [5.41, 5.74) is -0.464. The second-order valence-corrected chi connectivity index (χ2v) is 7.91. The highest BCUT2D eigenvalue weighted by atomic mass is 19.1. The van der Waals surface area contributed by atoms with Crippen LogP contribution in [0.5, 0.6) is 0 Å². The fraction of sp³-hybridized carbons (Fsp3) is 0.611. The Morgan fingerprint density at radius 3 is 2.25 bits per heavy atom. The van der Waals surface area contributed by atoms with Crippen LogP contribution < -0.4 is 10.8 Å². The quantitative estimate of drug-likeness (QED) is 0.861. The molecule has 0 unspecified atom stereocenters. The van der Waals surface area contributed by atoms with E-state index in [1.54, 1.807) is 12.1 Å². The summed E-state index contributed by atoms with van der Waals surface area (Å²) in [6, 6.07) is 4.66. The van der Waals surface area contributed by atoms with Gasteiger partial charge in [-0.2, -0.15) is 0 Å². The summed E-state index contributed by atoms with van der Waals surface area (Å²) < 4.78 is 26.3. The molecule has 0 spiro atoms. The molecule has 0 radical (unpaired) electrons. The van der Waals surface area contributed by atoms with Crippen molar-refractivity contribution >= 4 is 24.2 Å². The SMILES string of the molecule is CCC1(C(=O)Nc2ccc(B3OC(C)(C)C(C)(C)O3)c(F)c2)CC1. The first kappa shape index (κ1) is 17.4. The molecule has 1 heterocycles. The Hall–Kier alpha value is -1.40. The first-order valence-electron chi connectivity index (χ1n) is 8.57. The molecule has 1 amide bonds. The molecule has 1 aliphatic carbocycles. The Kier molecular flexibility index (Phi) is 4.04. The van der Waals surface area contributed by atoms with E-state index >= 15 is 0 Å². The van der Waals surface area contributed by atoms with Crippen LogP contribution in [0, 0.1) is 11.2 Å². The maximum absolute atomic E-state index is 14.5. The third kappa shape index (κ3) is 2.86. The highest BCUT2D eigenvalue weighted by molar-refractivity contribution is 6.62. The lowest BCUT2D eigenvalue weighted by Crippen LogP contribution is -2.41. The number of hydrogen-bond acceptors (Lipinski definition) is 3. The third-order valence-corrected chi connectivity index (χ3v) is 5.78. The van der Waals surface area contributed by atoms with Crippen molar-refractivity contribution in [3.63, 3.8) is 0 Å². The molecule has 2 fully saturated rings. The van der Waals surface area contributed by atoms with Crippen LogP contribution in [0.2, 0.25) is 0 Å². The molecule has 1 aromatic rings. The van der Waals surface area contributed by atoms with Gasteiger partial charge in [-0.05, 0) is 59.1 Å². The Morgan fingerprint density at radius 1 is 1.21 bits per heavy atom. The molecule has 0 bridgehead atoms. The van der Waals surface area contributed by atoms with Crippen LogP contribution in [0.4, 0.5) is 10.1 Å². The van der Waals surface area contributed by atoms with E-state index in [9.17, 15) is 9.18 Å². The predicted octanol–water partition coefficient (Wildman–Crippen LogP) is 3.25. The van der Waals surface area contributed by atoms with Crippen molar-refractivity contribution < 1.29 is 18.5 Å². The minimum absolute atomic E-state index is 0.0206. The molecule has 0 atom stereocenters. The number of carbonyl (C=O) groups is 1. The molecule has 1 saturated heterocycles. The van der Waals surface area contributed by atoms with E-state index in [4.69, 9.17) is 9.31 Å². The van der Waals surface area contributed by atoms with Crippen molar-refractivity contribution in [3.05, 3.63) is 24.0 Å². The molecule has 1 aromatic carbocycles. The van der Waals surface area contributed by atoms with Gasteiger partial charge in [-0.3, -0.25) is 4.79 Å². The largest absolute Gasteiger partial charge is 0.497 e. The minimum Gasteiger partial charge on any atom is -0.399 e. The van der Waals surface area contributed by atoms with Crippen LogP contribution in [-0.4, -0.2) is 24.2 Å². The molecule has 0 aromatic heterocycles. The van der Waals surface area contributed by atoms with E-state index in [-0.39, 0.29) is 11.3 Å². The second kappa shape index (κ2) is 5.56. The number of anilines is 1. The number of nitrogens with one attached hydrogen (secondary N) is 1. The van der Waals surface area contributed by atoms with E-state index in [1.165, 1.54) is 6.07 Å². The second-order valence-electron chi connectivity index (χ2n) is 7.91. The standard InChI is InChI=1S/C18H25BFNO3/c1-6-18(9-10-18)15(22)21-12-7-8-13(14(20)11-12)19-23-16(2,3)17(4,5)24-19/h7-8,11H,6,9-10H2,1-5H3,(H,21,22). The molecule has 24 heavy (non-hydrogen) atoms. The van der Waals surface area contributed by atoms with Crippen LogP contribution in [-0.2, 0) is 14.1 Å². The lowest BCUT2D eigenvalue weighted by molar-refractivity contribution is -0.121. The highest BCUT2D eigenvalue weighted by Gasteiger charge is 2.52. The zero-order valence-electron chi connectivity index (χ0n) is 15.0. The van der Waals surface area contributed by atoms with E-state index in [2.05, 4.69) is 5.32 Å². The van der Waals surface area contributed by atoms with Gasteiger partial charge >= 0.3 is 7.12 Å². The van der Waals surface area contributed by atoms with Gasteiger partial charge < -0.3 is 14.6 Å². The first-order valence-corrected chi connectivity index (χ1v) is 8.57. The predicted molar refractivity (Wildman–Crippen MR) is 92.7 cm³/mol. The Bertz CT molecular complexity index is 654. The smallest absolute Gasteiger partial charge is 0.399 e. The van der Waals surface area contributed by atoms with Crippen LogP contribution in [0.1, 0.15) is 53.9 Å². The third-order valence-electron chi connectivity index (χ3n) is 5.78. The first-order chi connectivity index (χ1) is 11.1. The van der Waals surface area contributed by atoms with Crippen molar-refractivity contribution in [2.45, 2.75) is 65.1 Å². The lowest BCUT2D eigenvalue weighted by Gasteiger charge is -2.32. The molecule has 1 saturated carbocycles. The normalized spacial score (nSPS) is 23.2. The summed E-state index contributed by atoms with van der Waals surface area (Å²) >= 11 is 0. The van der Waals surface area contributed by atoms with Gasteiger partial charge in [0.15, 0.2) is 0 Å². The van der Waals surface area contributed by atoms with Gasteiger partial charge in [-0.25, -0.2) is 4.39 Å². The van der Waals surface area contributed by atoms with Crippen LogP contribution in [0.25, 0.3) is 0 Å². The fourth-order valence-electron chi connectivity index (χ4n) is 2.92. The summed E-state index contributed by atoms with van der Waals surface area (Å²) in [7, 11) is -0.745. The Morgan fingerprint density at radius 2 is 1.79 bits per heavy atom. The monoisotopic (exact) mass is 333 g/mol. The van der Waals surface area contributed by atoms with Crippen LogP contribution in [0.15, 0.2) is 18.2 Å². The van der Waals surface area contributed by atoms with Gasteiger partial charge in [0.25, 0.3) is 0 Å². The minimum atomic E-state index is -0.745. The molecule has 130 valence electrons. The molecule has 1 N–H and O–H groups in total. The number of amides is 1. The maximum atomic E-state index is 14.5. The van der Waals surface area contributed by atoms with Gasteiger partial charge in [-0.1, -0.05) is 13.0 Å². The fourth-order valence-corrected chi connectivity index (χ4v) is 2.92. The molecular formula is C18H25BFNO3. The zero-order valence-corrected chi connectivity index (χ0v) is 15.0. The topological polar surface area (TPSA) is 47.6 Å². The summed E-state index contributed by atoms with van der Waals surface area (Å²) in [4.78, 5) is 12.3. The van der Waals surface area contributed by atoms with Crippen LogP contribution >= 0.6 is 0 Å². The van der Waals surface area contributed by atoms with Crippen LogP contribution in [0.3, 0.4) is 0 Å². The zero-order chi connectivity index (χ0) is 17.8. The average molecular weight is 333 g/mol. The summed E-state index contributed by atoms with van der Waals surface area (Å²) in [6.45, 7) is 9.73. The number of halogens is 1. The molecular weight excluding hydrogens is 308 g/mol. The molecule has 6 heteroatoms. The average Bonchev–Trinajstić information content (AvgIpc) is 3.23. The van der Waals surface area contributed by atoms with Gasteiger partial charge in [0.1, 0.15) is 5.82 Å². The van der Waals surface area contributed by atoms with Gasteiger partial charge in [0.2, 0.25) is 5.91 Å². The van der Waals surface area contributed by atoms with Crippen molar-refractivity contribution in [3.8, 4) is 0 Å². The summed E-state index contributed by atoms with van der Waals surface area (Å²) in [5, 5.41) is 2.83. The Balaban J connectivity index is 1.75. The number of hydrogen-bond donors (Lipinski definition) is 1. The van der Waals surface area contributed by atoms with Crippen molar-refractivity contribution in [1.82, 2.24) is 0 Å². The molecule has 4 nitrogen and oxygen atoms in total. The molecule has 3 rings (SSSR count). The van der Waals surface area contributed by atoms with E-state index in [1.807, 2.05) is 34.6 Å². The molecule has 1 aliphatic heterocycles. The van der Waals surface area contributed by atoms with Crippen molar-refractivity contribution in [2.75, 3.05) is 5.32 Å². The Labute approximate surface area is 143 Å². The highest BCUT2D eigenvalue weighted by Crippen LogP contribution is 2.49. The number of rotatable bonds is 4. The number of benzene rings is 1. The van der Waals surface area contributed by atoms with E-state index < -0.39 is 24.1 Å².